The zero-order valence-electron chi connectivity index (χ0n) is 13.5. The highest BCUT2D eigenvalue weighted by Gasteiger charge is 2.22. The van der Waals surface area contributed by atoms with Crippen molar-refractivity contribution in [2.24, 2.45) is 5.92 Å². The lowest BCUT2D eigenvalue weighted by molar-refractivity contribution is -0.125. The Bertz CT molecular complexity index is 317. The molecule has 2 saturated heterocycles. The van der Waals surface area contributed by atoms with Gasteiger partial charge in [0.1, 0.15) is 0 Å². The summed E-state index contributed by atoms with van der Waals surface area (Å²) in [7, 11) is 0. The number of carbonyl (C=O) groups excluding carboxylic acids is 1. The molecule has 0 saturated carbocycles. The minimum Gasteiger partial charge on any atom is -0.377 e. The molecule has 1 amide bonds. The Kier molecular flexibility index (Phi) is 6.93. The molecule has 2 aliphatic rings. The summed E-state index contributed by atoms with van der Waals surface area (Å²) >= 11 is 0. The molecule has 5 nitrogen and oxygen atoms in total. The summed E-state index contributed by atoms with van der Waals surface area (Å²) in [5.41, 5.74) is 0. The van der Waals surface area contributed by atoms with Crippen LogP contribution < -0.4 is 5.32 Å². The standard InChI is InChI=1S/C16H30N2O3/c1-13(2)16(19)17-14-5-3-7-18(11-14)8-10-20-12-15-6-4-9-21-15/h13-15H,3-12H2,1-2H3,(H,17,19)/t14-,15+/m0/s1. The molecule has 0 aliphatic carbocycles. The molecule has 0 aromatic carbocycles. The Labute approximate surface area is 128 Å². The largest absolute Gasteiger partial charge is 0.377 e. The van der Waals surface area contributed by atoms with Gasteiger partial charge in [-0.25, -0.2) is 0 Å². The Balaban J connectivity index is 1.58. The molecule has 21 heavy (non-hydrogen) atoms. The summed E-state index contributed by atoms with van der Waals surface area (Å²) in [6, 6.07) is 0.298. The fraction of sp³-hybridized carbons (Fsp3) is 0.938. The van der Waals surface area contributed by atoms with Gasteiger partial charge in [-0.1, -0.05) is 13.8 Å². The van der Waals surface area contributed by atoms with E-state index in [0.717, 1.165) is 65.1 Å². The van der Waals surface area contributed by atoms with Gasteiger partial charge in [-0.05, 0) is 32.2 Å². The predicted octanol–water partition coefficient (Wildman–Crippen LogP) is 1.42. The molecule has 5 heteroatoms. The number of likely N-dealkylation sites (tertiary alicyclic amines) is 1. The lowest BCUT2D eigenvalue weighted by Crippen LogP contribution is -2.49. The van der Waals surface area contributed by atoms with Gasteiger partial charge < -0.3 is 14.8 Å². The van der Waals surface area contributed by atoms with Gasteiger partial charge in [-0.3, -0.25) is 9.69 Å². The summed E-state index contributed by atoms with van der Waals surface area (Å²) in [5, 5.41) is 3.14. The van der Waals surface area contributed by atoms with E-state index in [1.165, 1.54) is 0 Å². The average molecular weight is 298 g/mol. The van der Waals surface area contributed by atoms with Crippen LogP contribution in [0, 0.1) is 5.92 Å². The smallest absolute Gasteiger partial charge is 0.222 e. The molecule has 0 radical (unpaired) electrons. The maximum absolute atomic E-state index is 11.8. The molecule has 2 heterocycles. The van der Waals surface area contributed by atoms with Crippen molar-refractivity contribution in [1.82, 2.24) is 10.2 Å². The average Bonchev–Trinajstić information content (AvgIpc) is 2.97. The molecule has 0 bridgehead atoms. The normalized spacial score (nSPS) is 27.2. The van der Waals surface area contributed by atoms with E-state index in [-0.39, 0.29) is 11.8 Å². The molecule has 2 aliphatic heterocycles. The van der Waals surface area contributed by atoms with E-state index >= 15 is 0 Å². The maximum atomic E-state index is 11.8. The van der Waals surface area contributed by atoms with Crippen LogP contribution in [0.4, 0.5) is 0 Å². The van der Waals surface area contributed by atoms with Crippen molar-refractivity contribution in [3.63, 3.8) is 0 Å². The Hall–Kier alpha value is -0.650. The van der Waals surface area contributed by atoms with E-state index in [0.29, 0.717) is 12.1 Å². The van der Waals surface area contributed by atoms with Crippen LogP contribution in [0.15, 0.2) is 0 Å². The predicted molar refractivity (Wildman–Crippen MR) is 82.2 cm³/mol. The highest BCUT2D eigenvalue weighted by Crippen LogP contribution is 2.13. The number of amides is 1. The first-order valence-corrected chi connectivity index (χ1v) is 8.37. The number of hydrogen-bond acceptors (Lipinski definition) is 4. The summed E-state index contributed by atoms with van der Waals surface area (Å²) in [6.45, 7) is 9.24. The van der Waals surface area contributed by atoms with Gasteiger partial charge in [0.05, 0.1) is 19.3 Å². The molecule has 122 valence electrons. The molecule has 0 spiro atoms. The number of rotatable bonds is 7. The number of nitrogens with one attached hydrogen (secondary N) is 1. The van der Waals surface area contributed by atoms with Crippen LogP contribution in [0.5, 0.6) is 0 Å². The topological polar surface area (TPSA) is 50.8 Å². The monoisotopic (exact) mass is 298 g/mol. The highest BCUT2D eigenvalue weighted by atomic mass is 16.5. The van der Waals surface area contributed by atoms with Crippen molar-refractivity contribution in [3.8, 4) is 0 Å². The molecule has 0 unspecified atom stereocenters. The third kappa shape index (κ3) is 5.93. The summed E-state index contributed by atoms with van der Waals surface area (Å²) in [4.78, 5) is 14.1. The first-order valence-electron chi connectivity index (χ1n) is 8.37. The maximum Gasteiger partial charge on any atom is 0.222 e. The number of piperidine rings is 1. The lowest BCUT2D eigenvalue weighted by Gasteiger charge is -2.33. The SMILES string of the molecule is CC(C)C(=O)N[C@H]1CCCN(CCOC[C@H]2CCCO2)C1. The van der Waals surface area contributed by atoms with Crippen LogP contribution in [-0.2, 0) is 14.3 Å². The summed E-state index contributed by atoms with van der Waals surface area (Å²) in [6.07, 6.45) is 4.84. The molecule has 1 N–H and O–H groups in total. The molecule has 2 rings (SSSR count). The van der Waals surface area contributed by atoms with Gasteiger partial charge >= 0.3 is 0 Å². The second-order valence-electron chi connectivity index (χ2n) is 6.51. The fourth-order valence-electron chi connectivity index (χ4n) is 2.93. The Morgan fingerprint density at radius 3 is 2.95 bits per heavy atom. The van der Waals surface area contributed by atoms with E-state index < -0.39 is 0 Å². The lowest BCUT2D eigenvalue weighted by atomic mass is 10.0. The molecular formula is C16H30N2O3. The van der Waals surface area contributed by atoms with Gasteiger partial charge in [0.15, 0.2) is 0 Å². The summed E-state index contributed by atoms with van der Waals surface area (Å²) < 4.78 is 11.3. The number of ether oxygens (including phenoxy) is 2. The van der Waals surface area contributed by atoms with Gasteiger partial charge in [0, 0.05) is 31.7 Å². The van der Waals surface area contributed by atoms with Crippen molar-refractivity contribution >= 4 is 5.91 Å². The zero-order chi connectivity index (χ0) is 15.1. The van der Waals surface area contributed by atoms with E-state index in [4.69, 9.17) is 9.47 Å². The number of nitrogens with zero attached hydrogens (tertiary/aromatic N) is 1. The third-order valence-electron chi connectivity index (χ3n) is 4.26. The van der Waals surface area contributed by atoms with Crippen LogP contribution in [0.3, 0.4) is 0 Å². The molecular weight excluding hydrogens is 268 g/mol. The minimum absolute atomic E-state index is 0.0649. The molecule has 2 atom stereocenters. The van der Waals surface area contributed by atoms with Gasteiger partial charge in [-0.2, -0.15) is 0 Å². The van der Waals surface area contributed by atoms with Gasteiger partial charge in [-0.15, -0.1) is 0 Å². The van der Waals surface area contributed by atoms with Crippen LogP contribution in [0.2, 0.25) is 0 Å². The number of carbonyl (C=O) groups is 1. The van der Waals surface area contributed by atoms with Crippen LogP contribution in [-0.4, -0.2) is 62.4 Å². The van der Waals surface area contributed by atoms with E-state index in [9.17, 15) is 4.79 Å². The van der Waals surface area contributed by atoms with Crippen molar-refractivity contribution < 1.29 is 14.3 Å². The van der Waals surface area contributed by atoms with Crippen LogP contribution in [0.25, 0.3) is 0 Å². The zero-order valence-corrected chi connectivity index (χ0v) is 13.5. The van der Waals surface area contributed by atoms with Crippen molar-refractivity contribution in [3.05, 3.63) is 0 Å². The van der Waals surface area contributed by atoms with Crippen molar-refractivity contribution in [2.45, 2.75) is 51.7 Å². The molecule has 0 aromatic heterocycles. The van der Waals surface area contributed by atoms with E-state index in [1.54, 1.807) is 0 Å². The van der Waals surface area contributed by atoms with Crippen molar-refractivity contribution in [2.75, 3.05) is 39.5 Å². The van der Waals surface area contributed by atoms with E-state index in [1.807, 2.05) is 13.8 Å². The first kappa shape index (κ1) is 16.7. The van der Waals surface area contributed by atoms with E-state index in [2.05, 4.69) is 10.2 Å². The van der Waals surface area contributed by atoms with Crippen LogP contribution in [0.1, 0.15) is 39.5 Å². The second kappa shape index (κ2) is 8.71. The van der Waals surface area contributed by atoms with Crippen molar-refractivity contribution in [1.29, 1.82) is 0 Å². The summed E-state index contributed by atoms with van der Waals surface area (Å²) in [5.74, 6) is 0.228. The van der Waals surface area contributed by atoms with Gasteiger partial charge in [0.25, 0.3) is 0 Å². The number of hydrogen-bond donors (Lipinski definition) is 1. The third-order valence-corrected chi connectivity index (χ3v) is 4.26. The fourth-order valence-corrected chi connectivity index (χ4v) is 2.93. The first-order chi connectivity index (χ1) is 10.1. The van der Waals surface area contributed by atoms with Gasteiger partial charge in [0.2, 0.25) is 5.91 Å². The highest BCUT2D eigenvalue weighted by molar-refractivity contribution is 5.78. The minimum atomic E-state index is 0.0649. The quantitative estimate of drug-likeness (QED) is 0.722. The molecule has 0 aromatic rings. The second-order valence-corrected chi connectivity index (χ2v) is 6.51. The molecule has 2 fully saturated rings. The van der Waals surface area contributed by atoms with Crippen LogP contribution >= 0.6 is 0 Å². The Morgan fingerprint density at radius 1 is 1.38 bits per heavy atom. The Morgan fingerprint density at radius 2 is 2.24 bits per heavy atom.